The van der Waals surface area contributed by atoms with Crippen molar-refractivity contribution in [2.45, 2.75) is 19.4 Å². The maximum atomic E-state index is 6.06. The van der Waals surface area contributed by atoms with Gasteiger partial charge in [-0.3, -0.25) is 0 Å². The topological polar surface area (TPSA) is 12.0 Å². The number of benzene rings is 2. The van der Waals surface area contributed by atoms with Crippen LogP contribution in [0.3, 0.4) is 0 Å². The van der Waals surface area contributed by atoms with Gasteiger partial charge in [0.2, 0.25) is 0 Å². The minimum Gasteiger partial charge on any atom is -0.310 e. The summed E-state index contributed by atoms with van der Waals surface area (Å²) in [6.07, 6.45) is 0.953. The Labute approximate surface area is 133 Å². The SMILES string of the molecule is CCNC(Cc1cccc(Cl)c1)c1ccccc1I. The summed E-state index contributed by atoms with van der Waals surface area (Å²) in [4.78, 5) is 0. The van der Waals surface area contributed by atoms with E-state index in [9.17, 15) is 0 Å². The second kappa shape index (κ2) is 7.27. The van der Waals surface area contributed by atoms with Crippen molar-refractivity contribution in [1.29, 1.82) is 0 Å². The molecule has 0 aromatic heterocycles. The Morgan fingerprint density at radius 3 is 2.63 bits per heavy atom. The summed E-state index contributed by atoms with van der Waals surface area (Å²) in [6.45, 7) is 3.09. The summed E-state index contributed by atoms with van der Waals surface area (Å²) in [6, 6.07) is 17.0. The predicted octanol–water partition coefficient (Wildman–Crippen LogP) is 4.84. The van der Waals surface area contributed by atoms with Gasteiger partial charge in [-0.05, 0) is 64.9 Å². The summed E-state index contributed by atoms with van der Waals surface area (Å²) in [5.41, 5.74) is 2.61. The molecule has 1 nitrogen and oxygen atoms in total. The van der Waals surface area contributed by atoms with Gasteiger partial charge in [-0.1, -0.05) is 48.9 Å². The number of likely N-dealkylation sites (N-methyl/N-ethyl adjacent to an activating group) is 1. The zero-order chi connectivity index (χ0) is 13.7. The minimum absolute atomic E-state index is 0.330. The molecular weight excluding hydrogens is 369 g/mol. The van der Waals surface area contributed by atoms with Crippen LogP contribution in [0.2, 0.25) is 5.02 Å². The van der Waals surface area contributed by atoms with Crippen LogP contribution in [0.15, 0.2) is 48.5 Å². The third-order valence-electron chi connectivity index (χ3n) is 3.06. The zero-order valence-corrected chi connectivity index (χ0v) is 13.8. The van der Waals surface area contributed by atoms with Crippen LogP contribution in [0.1, 0.15) is 24.1 Å². The van der Waals surface area contributed by atoms with Crippen molar-refractivity contribution in [1.82, 2.24) is 5.32 Å². The highest BCUT2D eigenvalue weighted by molar-refractivity contribution is 14.1. The van der Waals surface area contributed by atoms with Crippen LogP contribution < -0.4 is 5.32 Å². The number of hydrogen-bond acceptors (Lipinski definition) is 1. The quantitative estimate of drug-likeness (QED) is 0.726. The number of rotatable bonds is 5. The van der Waals surface area contributed by atoms with E-state index in [1.807, 2.05) is 18.2 Å². The van der Waals surface area contributed by atoms with E-state index in [4.69, 9.17) is 11.6 Å². The van der Waals surface area contributed by atoms with Gasteiger partial charge in [0.15, 0.2) is 0 Å². The van der Waals surface area contributed by atoms with Gasteiger partial charge in [-0.2, -0.15) is 0 Å². The second-order valence-corrected chi connectivity index (χ2v) is 6.06. The molecule has 1 N–H and O–H groups in total. The molecule has 100 valence electrons. The normalized spacial score (nSPS) is 12.4. The average molecular weight is 386 g/mol. The first-order valence-electron chi connectivity index (χ1n) is 6.43. The maximum absolute atomic E-state index is 6.06. The monoisotopic (exact) mass is 385 g/mol. The van der Waals surface area contributed by atoms with Crippen LogP contribution in [0.5, 0.6) is 0 Å². The fraction of sp³-hybridized carbons (Fsp3) is 0.250. The molecule has 0 saturated heterocycles. The molecule has 0 aliphatic carbocycles. The van der Waals surface area contributed by atoms with E-state index in [2.05, 4.69) is 65.2 Å². The fourth-order valence-electron chi connectivity index (χ4n) is 2.20. The van der Waals surface area contributed by atoms with E-state index in [0.717, 1.165) is 18.0 Å². The van der Waals surface area contributed by atoms with E-state index >= 15 is 0 Å². The van der Waals surface area contributed by atoms with E-state index in [1.54, 1.807) is 0 Å². The lowest BCUT2D eigenvalue weighted by molar-refractivity contribution is 0.548. The molecule has 0 aliphatic rings. The highest BCUT2D eigenvalue weighted by atomic mass is 127. The molecule has 0 saturated carbocycles. The summed E-state index contributed by atoms with van der Waals surface area (Å²) >= 11 is 8.46. The summed E-state index contributed by atoms with van der Waals surface area (Å²) in [5, 5.41) is 4.36. The summed E-state index contributed by atoms with van der Waals surface area (Å²) < 4.78 is 1.30. The second-order valence-electron chi connectivity index (χ2n) is 4.47. The number of hydrogen-bond donors (Lipinski definition) is 1. The molecule has 2 rings (SSSR count). The Hall–Kier alpha value is -0.580. The Bertz CT molecular complexity index is 542. The molecular formula is C16H17ClIN. The van der Waals surface area contributed by atoms with Crippen LogP contribution in [0.4, 0.5) is 0 Å². The minimum atomic E-state index is 0.330. The van der Waals surface area contributed by atoms with Crippen LogP contribution in [-0.4, -0.2) is 6.54 Å². The van der Waals surface area contributed by atoms with Gasteiger partial charge in [0.25, 0.3) is 0 Å². The number of halogens is 2. The molecule has 0 radical (unpaired) electrons. The number of nitrogens with one attached hydrogen (secondary N) is 1. The molecule has 19 heavy (non-hydrogen) atoms. The van der Waals surface area contributed by atoms with E-state index in [0.29, 0.717) is 6.04 Å². The molecule has 2 aromatic rings. The molecule has 0 fully saturated rings. The van der Waals surface area contributed by atoms with Crippen molar-refractivity contribution in [3.8, 4) is 0 Å². The van der Waals surface area contributed by atoms with Gasteiger partial charge in [0.05, 0.1) is 0 Å². The van der Waals surface area contributed by atoms with Gasteiger partial charge >= 0.3 is 0 Å². The molecule has 2 aromatic carbocycles. The highest BCUT2D eigenvalue weighted by Gasteiger charge is 2.13. The molecule has 3 heteroatoms. The zero-order valence-electron chi connectivity index (χ0n) is 10.9. The van der Waals surface area contributed by atoms with Gasteiger partial charge in [0, 0.05) is 14.6 Å². The van der Waals surface area contributed by atoms with Crippen LogP contribution >= 0.6 is 34.2 Å². The van der Waals surface area contributed by atoms with Gasteiger partial charge in [-0.15, -0.1) is 0 Å². The lowest BCUT2D eigenvalue weighted by Crippen LogP contribution is -2.23. The molecule has 1 atom stereocenters. The Morgan fingerprint density at radius 1 is 1.16 bits per heavy atom. The third kappa shape index (κ3) is 4.20. The van der Waals surface area contributed by atoms with Gasteiger partial charge < -0.3 is 5.32 Å². The summed E-state index contributed by atoms with van der Waals surface area (Å²) in [5.74, 6) is 0. The maximum Gasteiger partial charge on any atom is 0.0408 e. The smallest absolute Gasteiger partial charge is 0.0408 e. The first-order valence-corrected chi connectivity index (χ1v) is 7.88. The Kier molecular flexibility index (Phi) is 5.67. The molecule has 0 bridgehead atoms. The lowest BCUT2D eigenvalue weighted by atomic mass is 9.99. The molecule has 1 unspecified atom stereocenters. The van der Waals surface area contributed by atoms with Crippen molar-refractivity contribution in [2.24, 2.45) is 0 Å². The summed E-state index contributed by atoms with van der Waals surface area (Å²) in [7, 11) is 0. The lowest BCUT2D eigenvalue weighted by Gasteiger charge is -2.20. The first-order chi connectivity index (χ1) is 9.20. The van der Waals surface area contributed by atoms with Crippen molar-refractivity contribution in [3.05, 3.63) is 68.3 Å². The molecule has 0 amide bonds. The van der Waals surface area contributed by atoms with Gasteiger partial charge in [-0.25, -0.2) is 0 Å². The van der Waals surface area contributed by atoms with Crippen molar-refractivity contribution >= 4 is 34.2 Å². The van der Waals surface area contributed by atoms with Crippen LogP contribution in [0, 0.1) is 3.57 Å². The van der Waals surface area contributed by atoms with Crippen molar-refractivity contribution in [2.75, 3.05) is 6.54 Å². The van der Waals surface area contributed by atoms with Crippen molar-refractivity contribution < 1.29 is 0 Å². The Balaban J connectivity index is 2.24. The van der Waals surface area contributed by atoms with Gasteiger partial charge in [0.1, 0.15) is 0 Å². The van der Waals surface area contributed by atoms with Crippen LogP contribution in [0.25, 0.3) is 0 Å². The fourth-order valence-corrected chi connectivity index (χ4v) is 3.17. The van der Waals surface area contributed by atoms with Crippen LogP contribution in [-0.2, 0) is 6.42 Å². The van der Waals surface area contributed by atoms with E-state index in [-0.39, 0.29) is 0 Å². The molecule has 0 heterocycles. The predicted molar refractivity (Wildman–Crippen MR) is 90.7 cm³/mol. The van der Waals surface area contributed by atoms with E-state index in [1.165, 1.54) is 14.7 Å². The van der Waals surface area contributed by atoms with Crippen molar-refractivity contribution in [3.63, 3.8) is 0 Å². The molecule has 0 aliphatic heterocycles. The standard InChI is InChI=1S/C16H17ClIN/c1-2-19-16(14-8-3-4-9-15(14)18)11-12-6-5-7-13(17)10-12/h3-10,16,19H,2,11H2,1H3. The first kappa shape index (κ1) is 14.8. The third-order valence-corrected chi connectivity index (χ3v) is 4.28. The largest absolute Gasteiger partial charge is 0.310 e. The highest BCUT2D eigenvalue weighted by Crippen LogP contribution is 2.24. The van der Waals surface area contributed by atoms with E-state index < -0.39 is 0 Å². The Morgan fingerprint density at radius 2 is 1.95 bits per heavy atom. The molecule has 0 spiro atoms. The average Bonchev–Trinajstić information content (AvgIpc) is 2.39.